The lowest BCUT2D eigenvalue weighted by Gasteiger charge is -2.08. The van der Waals surface area contributed by atoms with Gasteiger partial charge in [0.1, 0.15) is 0 Å². The zero-order chi connectivity index (χ0) is 16.4. The van der Waals surface area contributed by atoms with Crippen molar-refractivity contribution in [2.45, 2.75) is 64.1 Å². The molecule has 0 unspecified atom stereocenters. The van der Waals surface area contributed by atoms with Crippen LogP contribution in [-0.4, -0.2) is 20.5 Å². The lowest BCUT2D eigenvalue weighted by molar-refractivity contribution is 0.281. The summed E-state index contributed by atoms with van der Waals surface area (Å²) in [5, 5.41) is 9.02. The van der Waals surface area contributed by atoms with Crippen LogP contribution in [0.2, 0.25) is 19.1 Å². The van der Waals surface area contributed by atoms with Gasteiger partial charge in [-0.15, -0.1) is 0 Å². The molecule has 22 heavy (non-hydrogen) atoms. The number of phenols is 1. The van der Waals surface area contributed by atoms with Gasteiger partial charge < -0.3 is 9.84 Å². The zero-order valence-corrected chi connectivity index (χ0v) is 14.9. The maximum atomic E-state index is 13.4. The predicted octanol–water partition coefficient (Wildman–Crippen LogP) is 5.27. The van der Waals surface area contributed by atoms with Crippen LogP contribution < -0.4 is 4.74 Å². The van der Waals surface area contributed by atoms with Gasteiger partial charge in [0.25, 0.3) is 0 Å². The Morgan fingerprint density at radius 3 is 2.14 bits per heavy atom. The minimum atomic E-state index is -1.25. The van der Waals surface area contributed by atoms with Crippen LogP contribution in [0.5, 0.6) is 11.5 Å². The van der Waals surface area contributed by atoms with Gasteiger partial charge in [-0.05, 0) is 18.6 Å². The molecule has 0 amide bonds. The van der Waals surface area contributed by atoms with E-state index in [1.807, 2.05) is 0 Å². The summed E-state index contributed by atoms with van der Waals surface area (Å²) in [7, 11) is -0.376. The number of ether oxygens (including phenoxy) is 1. The van der Waals surface area contributed by atoms with Gasteiger partial charge in [-0.1, -0.05) is 57.7 Å². The molecular weight excluding hydrogens is 302 g/mol. The Labute approximate surface area is 134 Å². The fourth-order valence-corrected chi connectivity index (χ4v) is 3.46. The van der Waals surface area contributed by atoms with Crippen LogP contribution in [0.4, 0.5) is 8.78 Å². The van der Waals surface area contributed by atoms with Crippen LogP contribution >= 0.6 is 0 Å². The van der Waals surface area contributed by atoms with Crippen molar-refractivity contribution in [1.82, 2.24) is 0 Å². The maximum Gasteiger partial charge on any atom is 0.204 e. The first-order valence-electron chi connectivity index (χ1n) is 8.32. The standard InChI is InChI=1S/C17H28F2O2Si/c1-22(2)13-9-7-5-3-4-6-8-12-21-15-11-10-14(20)16(18)17(15)19/h10-11,20,22H,3-9,12-13H2,1-2H3. The van der Waals surface area contributed by atoms with Crippen LogP contribution in [0, 0.1) is 11.6 Å². The van der Waals surface area contributed by atoms with E-state index in [4.69, 9.17) is 9.84 Å². The van der Waals surface area contributed by atoms with Crippen LogP contribution in [-0.2, 0) is 0 Å². The molecule has 0 bridgehead atoms. The highest BCUT2D eigenvalue weighted by Gasteiger charge is 2.13. The molecule has 126 valence electrons. The quantitative estimate of drug-likeness (QED) is 0.442. The van der Waals surface area contributed by atoms with E-state index in [0.717, 1.165) is 25.3 Å². The molecule has 0 saturated heterocycles. The first kappa shape index (κ1) is 18.9. The van der Waals surface area contributed by atoms with Crippen LogP contribution in [0.3, 0.4) is 0 Å². The zero-order valence-electron chi connectivity index (χ0n) is 13.7. The van der Waals surface area contributed by atoms with Gasteiger partial charge in [-0.2, -0.15) is 8.78 Å². The van der Waals surface area contributed by atoms with Gasteiger partial charge in [0.2, 0.25) is 11.6 Å². The smallest absolute Gasteiger partial charge is 0.204 e. The van der Waals surface area contributed by atoms with Crippen molar-refractivity contribution in [3.8, 4) is 11.5 Å². The van der Waals surface area contributed by atoms with Gasteiger partial charge in [-0.3, -0.25) is 0 Å². The predicted molar refractivity (Wildman–Crippen MR) is 89.5 cm³/mol. The molecule has 0 aliphatic rings. The number of hydrogen-bond donors (Lipinski definition) is 1. The fraction of sp³-hybridized carbons (Fsp3) is 0.647. The Bertz CT molecular complexity index is 439. The number of rotatable bonds is 11. The van der Waals surface area contributed by atoms with E-state index < -0.39 is 17.4 Å². The molecule has 1 aromatic carbocycles. The Hall–Kier alpha value is -1.10. The topological polar surface area (TPSA) is 29.5 Å². The summed E-state index contributed by atoms with van der Waals surface area (Å²) in [5.41, 5.74) is 0. The molecule has 0 fully saturated rings. The highest BCUT2D eigenvalue weighted by Crippen LogP contribution is 2.26. The summed E-state index contributed by atoms with van der Waals surface area (Å²) in [4.78, 5) is 0. The number of hydrogen-bond acceptors (Lipinski definition) is 2. The highest BCUT2D eigenvalue weighted by atomic mass is 28.3. The molecule has 5 heteroatoms. The molecule has 0 spiro atoms. The lowest BCUT2D eigenvalue weighted by Crippen LogP contribution is -2.00. The largest absolute Gasteiger partial charge is 0.505 e. The summed E-state index contributed by atoms with van der Waals surface area (Å²) in [6.07, 6.45) is 8.27. The molecule has 0 atom stereocenters. The third-order valence-electron chi connectivity index (χ3n) is 3.71. The van der Waals surface area contributed by atoms with Gasteiger partial charge >= 0.3 is 0 Å². The first-order valence-corrected chi connectivity index (χ1v) is 11.4. The van der Waals surface area contributed by atoms with E-state index in [9.17, 15) is 8.78 Å². The van der Waals surface area contributed by atoms with E-state index in [1.165, 1.54) is 37.8 Å². The lowest BCUT2D eigenvalue weighted by atomic mass is 10.1. The Kier molecular flexibility index (Phi) is 9.12. The molecule has 0 heterocycles. The number of halogens is 2. The molecule has 1 aromatic rings. The van der Waals surface area contributed by atoms with E-state index in [0.29, 0.717) is 6.61 Å². The molecular formula is C17H28F2O2Si. The minimum absolute atomic E-state index is 0.131. The molecule has 1 N–H and O–H groups in total. The van der Waals surface area contributed by atoms with Crippen LogP contribution in [0.1, 0.15) is 44.9 Å². The summed E-state index contributed by atoms with van der Waals surface area (Å²) < 4.78 is 31.7. The molecule has 2 nitrogen and oxygen atoms in total. The SMILES string of the molecule is C[SiH](C)CCCCCCCCCOc1ccc(O)c(F)c1F. The van der Waals surface area contributed by atoms with Crippen molar-refractivity contribution >= 4 is 8.80 Å². The van der Waals surface area contributed by atoms with Gasteiger partial charge in [-0.25, -0.2) is 0 Å². The number of unbranched alkanes of at least 4 members (excludes halogenated alkanes) is 6. The molecule has 0 aliphatic heterocycles. The number of aromatic hydroxyl groups is 1. The molecule has 0 aromatic heterocycles. The van der Waals surface area contributed by atoms with E-state index >= 15 is 0 Å². The minimum Gasteiger partial charge on any atom is -0.505 e. The Morgan fingerprint density at radius 2 is 1.50 bits per heavy atom. The van der Waals surface area contributed by atoms with Crippen molar-refractivity contribution < 1.29 is 18.6 Å². The molecule has 0 saturated carbocycles. The second kappa shape index (κ2) is 10.6. The molecule has 1 rings (SSSR count). The second-order valence-corrected chi connectivity index (χ2v) is 9.58. The summed E-state index contributed by atoms with van der Waals surface area (Å²) in [5.74, 6) is -3.19. The Morgan fingerprint density at radius 1 is 0.909 bits per heavy atom. The van der Waals surface area contributed by atoms with Crippen LogP contribution in [0.15, 0.2) is 12.1 Å². The van der Waals surface area contributed by atoms with Gasteiger partial charge in [0.05, 0.1) is 6.61 Å². The van der Waals surface area contributed by atoms with E-state index in [1.54, 1.807) is 0 Å². The van der Waals surface area contributed by atoms with E-state index in [-0.39, 0.29) is 14.5 Å². The average Bonchev–Trinajstić information content (AvgIpc) is 2.48. The third-order valence-corrected chi connectivity index (χ3v) is 5.27. The van der Waals surface area contributed by atoms with Crippen molar-refractivity contribution in [3.63, 3.8) is 0 Å². The van der Waals surface area contributed by atoms with Crippen molar-refractivity contribution in [2.75, 3.05) is 6.61 Å². The number of phenolic OH excluding ortho intramolecular Hbond substituents is 1. The maximum absolute atomic E-state index is 13.4. The normalized spacial score (nSPS) is 11.1. The molecule has 0 radical (unpaired) electrons. The van der Waals surface area contributed by atoms with E-state index in [2.05, 4.69) is 13.1 Å². The van der Waals surface area contributed by atoms with Crippen LogP contribution in [0.25, 0.3) is 0 Å². The third kappa shape index (κ3) is 7.25. The number of benzene rings is 1. The van der Waals surface area contributed by atoms with Gasteiger partial charge in [0.15, 0.2) is 11.5 Å². The summed E-state index contributed by atoms with van der Waals surface area (Å²) >= 11 is 0. The average molecular weight is 330 g/mol. The monoisotopic (exact) mass is 330 g/mol. The highest BCUT2D eigenvalue weighted by molar-refractivity contribution is 6.55. The van der Waals surface area contributed by atoms with Crippen molar-refractivity contribution in [3.05, 3.63) is 23.8 Å². The summed E-state index contributed by atoms with van der Waals surface area (Å²) in [6, 6.07) is 3.81. The fourth-order valence-electron chi connectivity index (χ4n) is 2.35. The van der Waals surface area contributed by atoms with Crippen molar-refractivity contribution in [2.24, 2.45) is 0 Å². The van der Waals surface area contributed by atoms with Gasteiger partial charge in [0, 0.05) is 8.80 Å². The second-order valence-electron chi connectivity index (χ2n) is 6.22. The van der Waals surface area contributed by atoms with Crippen molar-refractivity contribution in [1.29, 1.82) is 0 Å². The Balaban J connectivity index is 2.03. The summed E-state index contributed by atoms with van der Waals surface area (Å²) in [6.45, 7) is 5.16. The first-order chi connectivity index (χ1) is 10.5. The molecule has 0 aliphatic carbocycles.